The van der Waals surface area contributed by atoms with Crippen molar-refractivity contribution in [3.05, 3.63) is 64.0 Å². The summed E-state index contributed by atoms with van der Waals surface area (Å²) in [6, 6.07) is 14.9. The Hall–Kier alpha value is -2.44. The number of thiocarbonyl (C=S) groups is 1. The van der Waals surface area contributed by atoms with E-state index in [0.29, 0.717) is 5.56 Å². The van der Waals surface area contributed by atoms with Gasteiger partial charge in [-0.05, 0) is 77.3 Å². The molecule has 0 unspecified atom stereocenters. The highest BCUT2D eigenvalue weighted by atomic mass is 127. The Morgan fingerprint density at radius 3 is 2.74 bits per heavy atom. The van der Waals surface area contributed by atoms with Crippen LogP contribution in [0.3, 0.4) is 0 Å². The van der Waals surface area contributed by atoms with Gasteiger partial charge in [0, 0.05) is 20.4 Å². The van der Waals surface area contributed by atoms with Crippen molar-refractivity contribution in [2.75, 3.05) is 5.32 Å². The molecule has 0 aliphatic carbocycles. The molecule has 27 heavy (non-hydrogen) atoms. The number of benzene rings is 2. The summed E-state index contributed by atoms with van der Waals surface area (Å²) >= 11 is 8.85. The Bertz CT molecular complexity index is 1110. The number of amides is 1. The van der Waals surface area contributed by atoms with E-state index in [0.717, 1.165) is 24.8 Å². The van der Waals surface area contributed by atoms with Crippen LogP contribution in [0.1, 0.15) is 10.4 Å². The highest BCUT2D eigenvalue weighted by Gasteiger charge is 2.10. The minimum absolute atomic E-state index is 0.241. The first kappa shape index (κ1) is 17.9. The molecular formula is C17H11IN6OS2. The summed E-state index contributed by atoms with van der Waals surface area (Å²) in [6.45, 7) is 0. The molecule has 0 atom stereocenters. The van der Waals surface area contributed by atoms with Crippen LogP contribution in [0, 0.1) is 3.57 Å². The van der Waals surface area contributed by atoms with E-state index in [9.17, 15) is 4.79 Å². The lowest BCUT2D eigenvalue weighted by Gasteiger charge is -2.10. The summed E-state index contributed by atoms with van der Waals surface area (Å²) in [7, 11) is 0. The Labute approximate surface area is 177 Å². The molecule has 0 spiro atoms. The van der Waals surface area contributed by atoms with Gasteiger partial charge in [-0.2, -0.15) is 9.61 Å². The van der Waals surface area contributed by atoms with Crippen LogP contribution in [0.4, 0.5) is 5.69 Å². The number of nitrogens with one attached hydrogen (secondary N) is 2. The summed E-state index contributed by atoms with van der Waals surface area (Å²) in [6.07, 6.45) is 1.57. The predicted molar refractivity (Wildman–Crippen MR) is 117 cm³/mol. The number of carbonyl (C=O) groups is 1. The second-order valence-electron chi connectivity index (χ2n) is 5.46. The Balaban J connectivity index is 1.41. The van der Waals surface area contributed by atoms with Crippen molar-refractivity contribution >= 4 is 67.8 Å². The molecule has 2 heterocycles. The van der Waals surface area contributed by atoms with Crippen LogP contribution < -0.4 is 10.6 Å². The van der Waals surface area contributed by atoms with Crippen molar-refractivity contribution in [2.45, 2.75) is 0 Å². The molecule has 1 amide bonds. The highest BCUT2D eigenvalue weighted by molar-refractivity contribution is 14.1. The van der Waals surface area contributed by atoms with Crippen LogP contribution >= 0.6 is 46.1 Å². The molecule has 0 radical (unpaired) electrons. The molecule has 2 aromatic heterocycles. The molecule has 2 aromatic carbocycles. The molecule has 7 nitrogen and oxygen atoms in total. The molecular weight excluding hydrogens is 495 g/mol. The van der Waals surface area contributed by atoms with Crippen LogP contribution in [0.15, 0.2) is 54.9 Å². The molecule has 0 aliphatic rings. The van der Waals surface area contributed by atoms with Gasteiger partial charge in [0.1, 0.15) is 11.3 Å². The molecule has 4 rings (SSSR count). The highest BCUT2D eigenvalue weighted by Crippen LogP contribution is 2.25. The van der Waals surface area contributed by atoms with E-state index in [2.05, 4.69) is 48.5 Å². The van der Waals surface area contributed by atoms with Gasteiger partial charge in [-0.3, -0.25) is 10.1 Å². The lowest BCUT2D eigenvalue weighted by molar-refractivity contribution is 0.0977. The molecule has 10 heteroatoms. The Morgan fingerprint density at radius 1 is 1.19 bits per heavy atom. The second-order valence-corrected chi connectivity index (χ2v) is 8.07. The molecule has 134 valence electrons. The maximum absolute atomic E-state index is 12.2. The van der Waals surface area contributed by atoms with Gasteiger partial charge >= 0.3 is 0 Å². The number of rotatable bonds is 3. The lowest BCUT2D eigenvalue weighted by atomic mass is 10.2. The van der Waals surface area contributed by atoms with Gasteiger partial charge in [0.05, 0.1) is 0 Å². The van der Waals surface area contributed by atoms with Gasteiger partial charge in [-0.1, -0.05) is 17.4 Å². The van der Waals surface area contributed by atoms with Crippen LogP contribution in [-0.2, 0) is 0 Å². The van der Waals surface area contributed by atoms with Crippen LogP contribution in [0.2, 0.25) is 0 Å². The van der Waals surface area contributed by atoms with Crippen molar-refractivity contribution < 1.29 is 4.79 Å². The summed E-state index contributed by atoms with van der Waals surface area (Å²) in [5.74, 6) is -0.248. The fourth-order valence-corrected chi connectivity index (χ4v) is 3.92. The summed E-state index contributed by atoms with van der Waals surface area (Å²) in [4.78, 5) is 13.0. The number of nitrogens with zero attached hydrogens (tertiary/aromatic N) is 4. The molecule has 0 saturated carbocycles. The molecule has 0 saturated heterocycles. The average Bonchev–Trinajstić information content (AvgIpc) is 3.24. The Kier molecular flexibility index (Phi) is 5.09. The normalized spacial score (nSPS) is 10.7. The minimum Gasteiger partial charge on any atom is -0.332 e. The zero-order valence-electron chi connectivity index (χ0n) is 13.6. The number of carbonyl (C=O) groups excluding carboxylic acids is 1. The first-order valence-corrected chi connectivity index (χ1v) is 10.0. The maximum Gasteiger partial charge on any atom is 0.257 e. The maximum atomic E-state index is 12.2. The van der Waals surface area contributed by atoms with E-state index in [1.165, 1.54) is 11.3 Å². The third-order valence-electron chi connectivity index (χ3n) is 3.59. The van der Waals surface area contributed by atoms with E-state index in [1.807, 2.05) is 36.4 Å². The standard InChI is InChI=1S/C17H11IN6OS2/c18-12-3-1-2-11(8-12)14(25)21-16(26)20-13-6-4-10(5-7-13)15-23-24-9-19-22-17(24)27-15/h1-9H,(H2,20,21,25,26). The van der Waals surface area contributed by atoms with E-state index in [1.54, 1.807) is 23.0 Å². The second kappa shape index (κ2) is 7.66. The van der Waals surface area contributed by atoms with Gasteiger partial charge in [0.2, 0.25) is 4.96 Å². The summed E-state index contributed by atoms with van der Waals surface area (Å²) < 4.78 is 2.63. The van der Waals surface area contributed by atoms with Gasteiger partial charge in [-0.15, -0.1) is 10.2 Å². The van der Waals surface area contributed by atoms with E-state index < -0.39 is 0 Å². The van der Waals surface area contributed by atoms with Crippen LogP contribution in [-0.4, -0.2) is 30.8 Å². The van der Waals surface area contributed by atoms with Crippen molar-refractivity contribution in [1.29, 1.82) is 0 Å². The average molecular weight is 506 g/mol. The molecule has 0 aliphatic heterocycles. The number of hydrogen-bond donors (Lipinski definition) is 2. The topological polar surface area (TPSA) is 84.2 Å². The fraction of sp³-hybridized carbons (Fsp3) is 0. The number of fused-ring (bicyclic) bond motifs is 1. The zero-order chi connectivity index (χ0) is 18.8. The predicted octanol–water partition coefficient (Wildman–Crippen LogP) is 3.58. The molecule has 2 N–H and O–H groups in total. The molecule has 0 bridgehead atoms. The number of hydrogen-bond acceptors (Lipinski definition) is 6. The van der Waals surface area contributed by atoms with Crippen LogP contribution in [0.25, 0.3) is 15.5 Å². The number of halogens is 1. The van der Waals surface area contributed by atoms with Gasteiger partial charge in [0.15, 0.2) is 5.11 Å². The van der Waals surface area contributed by atoms with Crippen LogP contribution in [0.5, 0.6) is 0 Å². The third kappa shape index (κ3) is 4.12. The first-order chi connectivity index (χ1) is 13.1. The lowest BCUT2D eigenvalue weighted by Crippen LogP contribution is -2.34. The largest absolute Gasteiger partial charge is 0.332 e. The van der Waals surface area contributed by atoms with Crippen molar-refractivity contribution in [3.63, 3.8) is 0 Å². The molecule has 0 fully saturated rings. The van der Waals surface area contributed by atoms with E-state index in [4.69, 9.17) is 12.2 Å². The Morgan fingerprint density at radius 2 is 2.00 bits per heavy atom. The summed E-state index contributed by atoms with van der Waals surface area (Å²) in [5, 5.41) is 19.0. The quantitative estimate of drug-likeness (QED) is 0.327. The first-order valence-electron chi connectivity index (χ1n) is 7.74. The van der Waals surface area contributed by atoms with Crippen molar-refractivity contribution in [1.82, 2.24) is 25.1 Å². The van der Waals surface area contributed by atoms with Gasteiger partial charge < -0.3 is 5.32 Å². The third-order valence-corrected chi connectivity index (χ3v) is 5.43. The summed E-state index contributed by atoms with van der Waals surface area (Å²) in [5.41, 5.74) is 2.30. The van der Waals surface area contributed by atoms with Gasteiger partial charge in [0.25, 0.3) is 5.91 Å². The minimum atomic E-state index is -0.248. The van der Waals surface area contributed by atoms with Crippen molar-refractivity contribution in [2.24, 2.45) is 0 Å². The smallest absolute Gasteiger partial charge is 0.257 e. The SMILES string of the molecule is O=C(NC(=S)Nc1ccc(-c2nn3cnnc3s2)cc1)c1cccc(I)c1. The fourth-order valence-electron chi connectivity index (χ4n) is 2.34. The number of anilines is 1. The van der Waals surface area contributed by atoms with E-state index in [-0.39, 0.29) is 11.0 Å². The van der Waals surface area contributed by atoms with Gasteiger partial charge in [-0.25, -0.2) is 0 Å². The molecule has 4 aromatic rings. The zero-order valence-corrected chi connectivity index (χ0v) is 17.4. The number of aromatic nitrogens is 4. The monoisotopic (exact) mass is 506 g/mol. The van der Waals surface area contributed by atoms with E-state index >= 15 is 0 Å². The van der Waals surface area contributed by atoms with Crippen molar-refractivity contribution in [3.8, 4) is 10.6 Å².